The molecule has 0 radical (unpaired) electrons. The van der Waals surface area contributed by atoms with Gasteiger partial charge < -0.3 is 4.43 Å². The Bertz CT molecular complexity index is 859. The fourth-order valence-electron chi connectivity index (χ4n) is 3.55. The highest BCUT2D eigenvalue weighted by Gasteiger charge is 2.39. The molecule has 2 heteroatoms. The third-order valence-electron chi connectivity index (χ3n) is 4.38. The van der Waals surface area contributed by atoms with E-state index in [-0.39, 0.29) is 0 Å². The average molecular weight is 347 g/mol. The first kappa shape index (κ1) is 17.7. The van der Waals surface area contributed by atoms with Crippen molar-refractivity contribution >= 4 is 19.1 Å². The van der Waals surface area contributed by atoms with E-state index < -0.39 is 13.9 Å². The summed E-state index contributed by atoms with van der Waals surface area (Å²) in [5.41, 5.74) is 1.90. The van der Waals surface area contributed by atoms with Gasteiger partial charge in [0.1, 0.15) is 5.60 Å². The van der Waals surface area contributed by atoms with E-state index in [1.807, 2.05) is 6.08 Å². The predicted octanol–water partition coefficient (Wildman–Crippen LogP) is 6.51. The molecule has 0 heterocycles. The summed E-state index contributed by atoms with van der Waals surface area (Å²) in [7, 11) is -1.83. The van der Waals surface area contributed by atoms with Crippen molar-refractivity contribution in [3.63, 3.8) is 0 Å². The van der Waals surface area contributed by atoms with Crippen LogP contribution < -0.4 is 0 Å². The summed E-state index contributed by atoms with van der Waals surface area (Å²) in [6.07, 6.45) is 2.73. The third kappa shape index (κ3) is 3.60. The zero-order valence-corrected chi connectivity index (χ0v) is 16.3. The van der Waals surface area contributed by atoms with Gasteiger partial charge in [-0.05, 0) is 41.5 Å². The number of fused-ring (bicyclic) bond motifs is 1. The van der Waals surface area contributed by atoms with Crippen LogP contribution in [0.3, 0.4) is 0 Å². The van der Waals surface area contributed by atoms with Crippen LogP contribution >= 0.6 is 0 Å². The molecule has 0 bridgehead atoms. The minimum atomic E-state index is -1.83. The van der Waals surface area contributed by atoms with E-state index in [4.69, 9.17) is 4.43 Å². The second-order valence-corrected chi connectivity index (χ2v) is 11.9. The number of hydrogen-bond acceptors (Lipinski definition) is 1. The zero-order chi connectivity index (χ0) is 17.9. The second kappa shape index (κ2) is 6.99. The van der Waals surface area contributed by atoms with Gasteiger partial charge in [0, 0.05) is 6.42 Å². The summed E-state index contributed by atoms with van der Waals surface area (Å²) in [5.74, 6) is 0. The van der Waals surface area contributed by atoms with Gasteiger partial charge in [-0.1, -0.05) is 78.9 Å². The Morgan fingerprint density at radius 3 is 2.20 bits per heavy atom. The Hall–Kier alpha value is -2.16. The van der Waals surface area contributed by atoms with E-state index in [1.165, 1.54) is 21.9 Å². The molecule has 3 aromatic rings. The molecule has 25 heavy (non-hydrogen) atoms. The normalized spacial score (nSPS) is 14.2. The van der Waals surface area contributed by atoms with Gasteiger partial charge >= 0.3 is 0 Å². The minimum Gasteiger partial charge on any atom is -0.404 e. The molecule has 1 atom stereocenters. The molecular weight excluding hydrogens is 320 g/mol. The fraction of sp³-hybridized carbons (Fsp3) is 0.217. The number of benzene rings is 3. The lowest BCUT2D eigenvalue weighted by Gasteiger charge is -2.40. The van der Waals surface area contributed by atoms with Crippen molar-refractivity contribution in [2.24, 2.45) is 0 Å². The van der Waals surface area contributed by atoms with Crippen molar-refractivity contribution in [3.8, 4) is 0 Å². The maximum atomic E-state index is 6.91. The lowest BCUT2D eigenvalue weighted by molar-refractivity contribution is 0.107. The zero-order valence-electron chi connectivity index (χ0n) is 15.3. The van der Waals surface area contributed by atoms with Crippen LogP contribution in [0.15, 0.2) is 85.5 Å². The van der Waals surface area contributed by atoms with Crippen molar-refractivity contribution in [2.45, 2.75) is 31.7 Å². The Kier molecular flexibility index (Phi) is 4.93. The first-order chi connectivity index (χ1) is 12.0. The van der Waals surface area contributed by atoms with Gasteiger partial charge in [0.05, 0.1) is 0 Å². The second-order valence-electron chi connectivity index (χ2n) is 7.43. The summed E-state index contributed by atoms with van der Waals surface area (Å²) in [6, 6.07) is 25.6. The van der Waals surface area contributed by atoms with E-state index in [9.17, 15) is 0 Å². The molecule has 3 rings (SSSR count). The molecule has 0 aromatic heterocycles. The summed E-state index contributed by atoms with van der Waals surface area (Å²) in [4.78, 5) is 0. The average Bonchev–Trinajstić information content (AvgIpc) is 2.60. The molecule has 0 aliphatic heterocycles. The molecule has 0 spiro atoms. The van der Waals surface area contributed by atoms with Gasteiger partial charge in [0.25, 0.3) is 0 Å². The first-order valence-corrected chi connectivity index (χ1v) is 12.2. The van der Waals surface area contributed by atoms with Crippen LogP contribution in [-0.4, -0.2) is 8.32 Å². The highest BCUT2D eigenvalue weighted by atomic mass is 28.4. The topological polar surface area (TPSA) is 9.23 Å². The molecule has 3 aromatic carbocycles. The molecule has 0 aliphatic carbocycles. The van der Waals surface area contributed by atoms with E-state index >= 15 is 0 Å². The van der Waals surface area contributed by atoms with Crippen molar-refractivity contribution in [1.82, 2.24) is 0 Å². The molecule has 1 nitrogen and oxygen atoms in total. The van der Waals surface area contributed by atoms with Crippen LogP contribution in [0.25, 0.3) is 10.8 Å². The van der Waals surface area contributed by atoms with Crippen LogP contribution in [0.2, 0.25) is 19.6 Å². The largest absolute Gasteiger partial charge is 0.404 e. The van der Waals surface area contributed by atoms with Crippen LogP contribution in [-0.2, 0) is 10.0 Å². The molecular formula is C23H26OSi. The van der Waals surface area contributed by atoms with Crippen LogP contribution in [0.5, 0.6) is 0 Å². The van der Waals surface area contributed by atoms with Gasteiger partial charge in [-0.2, -0.15) is 0 Å². The highest BCUT2D eigenvalue weighted by Crippen LogP contribution is 2.42. The van der Waals surface area contributed by atoms with Gasteiger partial charge in [-0.3, -0.25) is 0 Å². The van der Waals surface area contributed by atoms with E-state index in [0.717, 1.165) is 6.42 Å². The molecule has 0 amide bonds. The lowest BCUT2D eigenvalue weighted by Crippen LogP contribution is -2.41. The molecule has 128 valence electrons. The van der Waals surface area contributed by atoms with Crippen molar-refractivity contribution in [1.29, 1.82) is 0 Å². The van der Waals surface area contributed by atoms with E-state index in [0.29, 0.717) is 0 Å². The Morgan fingerprint density at radius 2 is 1.52 bits per heavy atom. The van der Waals surface area contributed by atoms with Crippen molar-refractivity contribution < 1.29 is 4.43 Å². The summed E-state index contributed by atoms with van der Waals surface area (Å²) in [6.45, 7) is 10.8. The summed E-state index contributed by atoms with van der Waals surface area (Å²) < 4.78 is 6.91. The molecule has 0 saturated heterocycles. The SMILES string of the molecule is C=CCC(O[Si](C)(C)C)(c1ccccc1)c1cccc2ccccc12. The predicted molar refractivity (Wildman–Crippen MR) is 110 cm³/mol. The smallest absolute Gasteiger partial charge is 0.185 e. The molecule has 1 unspecified atom stereocenters. The molecule has 0 saturated carbocycles. The fourth-order valence-corrected chi connectivity index (χ4v) is 4.91. The summed E-state index contributed by atoms with van der Waals surface area (Å²) in [5, 5.41) is 2.48. The monoisotopic (exact) mass is 346 g/mol. The van der Waals surface area contributed by atoms with Crippen LogP contribution in [0, 0.1) is 0 Å². The Balaban J connectivity index is 2.34. The lowest BCUT2D eigenvalue weighted by atomic mass is 9.81. The van der Waals surface area contributed by atoms with Gasteiger partial charge in [0.15, 0.2) is 8.32 Å². The standard InChI is InChI=1S/C23H26OSi/c1-5-18-23(24-25(2,3)4,20-14-7-6-8-15-20)22-17-11-13-19-12-9-10-16-21(19)22/h5-17H,1,18H2,2-4H3. The third-order valence-corrected chi connectivity index (χ3v) is 5.34. The van der Waals surface area contributed by atoms with Crippen LogP contribution in [0.4, 0.5) is 0 Å². The highest BCUT2D eigenvalue weighted by molar-refractivity contribution is 6.69. The Morgan fingerprint density at radius 1 is 0.880 bits per heavy atom. The maximum absolute atomic E-state index is 6.91. The molecule has 0 N–H and O–H groups in total. The maximum Gasteiger partial charge on any atom is 0.185 e. The van der Waals surface area contributed by atoms with Gasteiger partial charge in [0.2, 0.25) is 0 Å². The van der Waals surface area contributed by atoms with Crippen LogP contribution in [0.1, 0.15) is 17.5 Å². The quantitative estimate of drug-likeness (QED) is 0.365. The van der Waals surface area contributed by atoms with Gasteiger partial charge in [-0.15, -0.1) is 6.58 Å². The van der Waals surface area contributed by atoms with E-state index in [2.05, 4.69) is 99.0 Å². The first-order valence-electron chi connectivity index (χ1n) is 8.81. The minimum absolute atomic E-state index is 0.506. The van der Waals surface area contributed by atoms with Crippen molar-refractivity contribution in [3.05, 3.63) is 96.6 Å². The number of rotatable bonds is 6. The molecule has 0 fully saturated rings. The van der Waals surface area contributed by atoms with E-state index in [1.54, 1.807) is 0 Å². The van der Waals surface area contributed by atoms with Crippen molar-refractivity contribution in [2.75, 3.05) is 0 Å². The summed E-state index contributed by atoms with van der Waals surface area (Å²) >= 11 is 0. The number of hydrogen-bond donors (Lipinski definition) is 0. The van der Waals surface area contributed by atoms with Gasteiger partial charge in [-0.25, -0.2) is 0 Å². The molecule has 0 aliphatic rings. The Labute approximate surface area is 152 Å².